The van der Waals surface area contributed by atoms with E-state index in [0.717, 1.165) is 6.54 Å². The standard InChI is InChI=1S/C10H10N3/c1-8-3-2-4-10-9(8)5-12-6-11-7-13(10)12/h2-4,6-7H,5H2,1H3/q+1. The van der Waals surface area contributed by atoms with E-state index >= 15 is 0 Å². The quantitative estimate of drug-likeness (QED) is 0.460. The van der Waals surface area contributed by atoms with Crippen LogP contribution in [0.1, 0.15) is 11.1 Å². The molecule has 3 heteroatoms. The second kappa shape index (κ2) is 2.19. The summed E-state index contributed by atoms with van der Waals surface area (Å²) in [5, 5.41) is 0. The average Bonchev–Trinajstić information content (AvgIpc) is 2.65. The Labute approximate surface area is 76.2 Å². The van der Waals surface area contributed by atoms with Crippen LogP contribution in [0.15, 0.2) is 30.9 Å². The number of aromatic nitrogens is 3. The fourth-order valence-corrected chi connectivity index (χ4v) is 1.88. The van der Waals surface area contributed by atoms with E-state index in [2.05, 4.69) is 39.5 Å². The highest BCUT2D eigenvalue weighted by atomic mass is 15.4. The average molecular weight is 172 g/mol. The molecule has 64 valence electrons. The molecule has 0 bridgehead atoms. The number of hydrogen-bond acceptors (Lipinski definition) is 1. The van der Waals surface area contributed by atoms with Gasteiger partial charge in [-0.05, 0) is 23.5 Å². The molecule has 1 aromatic carbocycles. The van der Waals surface area contributed by atoms with Crippen LogP contribution in [0.25, 0.3) is 5.69 Å². The van der Waals surface area contributed by atoms with Crippen molar-refractivity contribution < 1.29 is 4.68 Å². The molecule has 0 N–H and O–H groups in total. The molecule has 0 fully saturated rings. The molecule has 3 nitrogen and oxygen atoms in total. The van der Waals surface area contributed by atoms with Crippen molar-refractivity contribution in [3.8, 4) is 5.69 Å². The van der Waals surface area contributed by atoms with Gasteiger partial charge < -0.3 is 0 Å². The molecule has 0 radical (unpaired) electrons. The smallest absolute Gasteiger partial charge is 0.147 e. The number of aryl methyl sites for hydroxylation is 1. The molecule has 13 heavy (non-hydrogen) atoms. The lowest BCUT2D eigenvalue weighted by Gasteiger charge is -1.98. The lowest BCUT2D eigenvalue weighted by molar-refractivity contribution is -0.752. The summed E-state index contributed by atoms with van der Waals surface area (Å²) in [6.45, 7) is 3.10. The van der Waals surface area contributed by atoms with Crippen molar-refractivity contribution >= 4 is 0 Å². The van der Waals surface area contributed by atoms with Crippen LogP contribution in [0, 0.1) is 6.92 Å². The third kappa shape index (κ3) is 0.786. The summed E-state index contributed by atoms with van der Waals surface area (Å²) in [4.78, 5) is 4.10. The molecule has 3 rings (SSSR count). The Hall–Kier alpha value is -1.64. The monoisotopic (exact) mass is 172 g/mol. The van der Waals surface area contributed by atoms with Crippen molar-refractivity contribution in [3.05, 3.63) is 42.0 Å². The third-order valence-electron chi connectivity index (χ3n) is 2.61. The first kappa shape index (κ1) is 6.83. The lowest BCUT2D eigenvalue weighted by Crippen LogP contribution is -2.36. The number of fused-ring (bicyclic) bond motifs is 3. The molecule has 0 saturated heterocycles. The number of benzene rings is 1. The van der Waals surface area contributed by atoms with Gasteiger partial charge >= 0.3 is 6.33 Å². The second-order valence-electron chi connectivity index (χ2n) is 3.39. The first-order valence-corrected chi connectivity index (χ1v) is 4.37. The lowest BCUT2D eigenvalue weighted by atomic mass is 10.1. The van der Waals surface area contributed by atoms with Crippen LogP contribution >= 0.6 is 0 Å². The molecule has 1 aliphatic heterocycles. The van der Waals surface area contributed by atoms with E-state index in [9.17, 15) is 0 Å². The molecule has 2 aromatic rings. The van der Waals surface area contributed by atoms with Gasteiger partial charge in [-0.3, -0.25) is 0 Å². The Bertz CT molecular complexity index is 471. The van der Waals surface area contributed by atoms with Crippen LogP contribution in [-0.4, -0.2) is 9.67 Å². The summed E-state index contributed by atoms with van der Waals surface area (Å²) in [5.41, 5.74) is 4.02. The normalized spacial score (nSPS) is 12.7. The van der Waals surface area contributed by atoms with E-state index < -0.39 is 0 Å². The molecule has 1 aliphatic rings. The SMILES string of the molecule is Cc1cccc2c1C[n+]1cncn1-2. The van der Waals surface area contributed by atoms with Gasteiger partial charge in [-0.2, -0.15) is 0 Å². The van der Waals surface area contributed by atoms with Crippen molar-refractivity contribution in [1.82, 2.24) is 9.67 Å². The van der Waals surface area contributed by atoms with E-state index in [0.29, 0.717) is 0 Å². The fraction of sp³-hybridized carbons (Fsp3) is 0.200. The van der Waals surface area contributed by atoms with E-state index in [1.165, 1.54) is 16.8 Å². The Kier molecular flexibility index (Phi) is 1.15. The van der Waals surface area contributed by atoms with Crippen LogP contribution < -0.4 is 4.68 Å². The largest absolute Gasteiger partial charge is 0.307 e. The molecular formula is C10H10N3+. The van der Waals surface area contributed by atoms with E-state index in [1.54, 1.807) is 0 Å². The number of rotatable bonds is 0. The second-order valence-corrected chi connectivity index (χ2v) is 3.39. The van der Waals surface area contributed by atoms with Gasteiger partial charge in [-0.15, -0.1) is 9.36 Å². The summed E-state index contributed by atoms with van der Waals surface area (Å²) in [7, 11) is 0. The Morgan fingerprint density at radius 2 is 2.38 bits per heavy atom. The summed E-state index contributed by atoms with van der Waals surface area (Å²) in [6, 6.07) is 6.37. The van der Waals surface area contributed by atoms with Gasteiger partial charge in [-0.1, -0.05) is 12.1 Å². The molecule has 0 unspecified atom stereocenters. The molecule has 0 aliphatic carbocycles. The minimum absolute atomic E-state index is 0.946. The van der Waals surface area contributed by atoms with Gasteiger partial charge in [0.25, 0.3) is 0 Å². The van der Waals surface area contributed by atoms with Gasteiger partial charge in [0.2, 0.25) is 6.33 Å². The van der Waals surface area contributed by atoms with Crippen molar-refractivity contribution in [2.45, 2.75) is 13.5 Å². The molecule has 0 amide bonds. The van der Waals surface area contributed by atoms with Gasteiger partial charge in [-0.25, -0.2) is 0 Å². The molecular weight excluding hydrogens is 162 g/mol. The maximum atomic E-state index is 4.10. The van der Waals surface area contributed by atoms with E-state index in [4.69, 9.17) is 0 Å². The summed E-state index contributed by atoms with van der Waals surface area (Å²) in [5.74, 6) is 0. The zero-order chi connectivity index (χ0) is 8.84. The Morgan fingerprint density at radius 1 is 1.46 bits per heavy atom. The van der Waals surface area contributed by atoms with Crippen molar-refractivity contribution in [1.29, 1.82) is 0 Å². The van der Waals surface area contributed by atoms with Crippen LogP contribution in [0.5, 0.6) is 0 Å². The predicted molar refractivity (Wildman–Crippen MR) is 47.6 cm³/mol. The number of hydrogen-bond donors (Lipinski definition) is 0. The molecule has 1 aromatic heterocycles. The highest BCUT2D eigenvalue weighted by molar-refractivity contribution is 5.45. The first-order valence-electron chi connectivity index (χ1n) is 4.37. The third-order valence-corrected chi connectivity index (χ3v) is 2.61. The van der Waals surface area contributed by atoms with Gasteiger partial charge in [0, 0.05) is 5.56 Å². The van der Waals surface area contributed by atoms with Gasteiger partial charge in [0.15, 0.2) is 0 Å². The first-order chi connectivity index (χ1) is 6.36. The summed E-state index contributed by atoms with van der Waals surface area (Å²) in [6.07, 6.45) is 3.71. The molecule has 0 spiro atoms. The van der Waals surface area contributed by atoms with Crippen LogP contribution in [0.3, 0.4) is 0 Å². The highest BCUT2D eigenvalue weighted by Crippen LogP contribution is 2.20. The van der Waals surface area contributed by atoms with Crippen molar-refractivity contribution in [2.75, 3.05) is 0 Å². The molecule has 2 heterocycles. The van der Waals surface area contributed by atoms with Crippen LogP contribution in [0.2, 0.25) is 0 Å². The minimum atomic E-state index is 0.946. The van der Waals surface area contributed by atoms with E-state index in [-0.39, 0.29) is 0 Å². The van der Waals surface area contributed by atoms with Gasteiger partial charge in [0.05, 0.1) is 5.69 Å². The van der Waals surface area contributed by atoms with Crippen molar-refractivity contribution in [2.24, 2.45) is 0 Å². The number of nitrogens with zero attached hydrogens (tertiary/aromatic N) is 3. The highest BCUT2D eigenvalue weighted by Gasteiger charge is 2.23. The summed E-state index contributed by atoms with van der Waals surface area (Å²) >= 11 is 0. The topological polar surface area (TPSA) is 21.7 Å². The Morgan fingerprint density at radius 3 is 3.31 bits per heavy atom. The fourth-order valence-electron chi connectivity index (χ4n) is 1.88. The Balaban J connectivity index is 2.34. The zero-order valence-electron chi connectivity index (χ0n) is 7.44. The molecule has 0 atom stereocenters. The maximum Gasteiger partial charge on any atom is 0.307 e. The maximum absolute atomic E-state index is 4.10. The molecule has 0 saturated carbocycles. The minimum Gasteiger partial charge on any atom is -0.147 e. The zero-order valence-corrected chi connectivity index (χ0v) is 7.44. The van der Waals surface area contributed by atoms with Crippen molar-refractivity contribution in [3.63, 3.8) is 0 Å². The van der Waals surface area contributed by atoms with Crippen LogP contribution in [-0.2, 0) is 6.54 Å². The van der Waals surface area contributed by atoms with Crippen LogP contribution in [0.4, 0.5) is 0 Å². The predicted octanol–water partition coefficient (Wildman–Crippen LogP) is 0.830. The van der Waals surface area contributed by atoms with E-state index in [1.807, 2.05) is 12.7 Å². The van der Waals surface area contributed by atoms with Gasteiger partial charge in [0.1, 0.15) is 6.54 Å². The summed E-state index contributed by atoms with van der Waals surface area (Å²) < 4.78 is 4.19.